The fraction of sp³-hybridized carbons (Fsp3) is 0.619. The van der Waals surface area contributed by atoms with Crippen LogP contribution in [0.25, 0.3) is 0 Å². The lowest BCUT2D eigenvalue weighted by Crippen LogP contribution is -2.49. The van der Waals surface area contributed by atoms with Crippen molar-refractivity contribution in [1.29, 1.82) is 0 Å². The predicted molar refractivity (Wildman–Crippen MR) is 102 cm³/mol. The molecule has 1 fully saturated rings. The van der Waals surface area contributed by atoms with E-state index in [9.17, 15) is 9.59 Å². The van der Waals surface area contributed by atoms with Gasteiger partial charge in [-0.1, -0.05) is 25.5 Å². The summed E-state index contributed by atoms with van der Waals surface area (Å²) >= 11 is 0. The first-order chi connectivity index (χ1) is 12.3. The highest BCUT2D eigenvalue weighted by Gasteiger charge is 2.36. The van der Waals surface area contributed by atoms with Crippen LogP contribution in [0.1, 0.15) is 58.1 Å². The van der Waals surface area contributed by atoms with Crippen molar-refractivity contribution in [3.63, 3.8) is 0 Å². The summed E-state index contributed by atoms with van der Waals surface area (Å²) in [5.74, 6) is 0.185. The van der Waals surface area contributed by atoms with Crippen LogP contribution in [0, 0.1) is 0 Å². The topological polar surface area (TPSA) is 49.9 Å². The number of rotatable bonds is 3. The molecule has 142 valence electrons. The van der Waals surface area contributed by atoms with Crippen LogP contribution in [0.5, 0.6) is 0 Å². The van der Waals surface area contributed by atoms with Crippen LogP contribution in [-0.4, -0.2) is 41.6 Å². The second-order valence-electron chi connectivity index (χ2n) is 8.35. The third-order valence-electron chi connectivity index (χ3n) is 5.04. The fourth-order valence-corrected chi connectivity index (χ4v) is 3.84. The molecular formula is C21H30N2O3. The van der Waals surface area contributed by atoms with Crippen molar-refractivity contribution in [3.05, 3.63) is 29.3 Å². The van der Waals surface area contributed by atoms with Crippen molar-refractivity contribution < 1.29 is 14.3 Å². The Labute approximate surface area is 156 Å². The van der Waals surface area contributed by atoms with Gasteiger partial charge >= 0.3 is 6.09 Å². The highest BCUT2D eigenvalue weighted by molar-refractivity contribution is 6.02. The third-order valence-corrected chi connectivity index (χ3v) is 5.04. The molecule has 26 heavy (non-hydrogen) atoms. The largest absolute Gasteiger partial charge is 0.444 e. The third kappa shape index (κ3) is 4.02. The molecule has 0 aromatic heterocycles. The Morgan fingerprint density at radius 1 is 1.23 bits per heavy atom. The first-order valence-electron chi connectivity index (χ1n) is 9.70. The van der Waals surface area contributed by atoms with E-state index < -0.39 is 5.60 Å². The molecule has 5 nitrogen and oxygen atoms in total. The van der Waals surface area contributed by atoms with E-state index in [2.05, 4.69) is 25.1 Å². The molecule has 0 N–H and O–H groups in total. The monoisotopic (exact) mass is 358 g/mol. The molecule has 0 saturated carbocycles. The number of anilines is 1. The van der Waals surface area contributed by atoms with Crippen molar-refractivity contribution >= 4 is 17.7 Å². The summed E-state index contributed by atoms with van der Waals surface area (Å²) < 4.78 is 5.46. The minimum Gasteiger partial charge on any atom is -0.444 e. The van der Waals surface area contributed by atoms with E-state index in [1.165, 1.54) is 5.56 Å². The van der Waals surface area contributed by atoms with Gasteiger partial charge in [0.05, 0.1) is 6.42 Å². The van der Waals surface area contributed by atoms with Crippen LogP contribution in [-0.2, 0) is 22.4 Å². The number of benzene rings is 1. The average molecular weight is 358 g/mol. The molecule has 5 heteroatoms. The Kier molecular flexibility index (Phi) is 5.26. The molecule has 1 aromatic carbocycles. The molecule has 0 atom stereocenters. The molecular weight excluding hydrogens is 328 g/mol. The first kappa shape index (κ1) is 18.7. The van der Waals surface area contributed by atoms with Gasteiger partial charge in [0.15, 0.2) is 0 Å². The number of fused-ring (bicyclic) bond motifs is 1. The van der Waals surface area contributed by atoms with E-state index in [-0.39, 0.29) is 18.0 Å². The zero-order valence-corrected chi connectivity index (χ0v) is 16.4. The van der Waals surface area contributed by atoms with Crippen LogP contribution < -0.4 is 4.90 Å². The van der Waals surface area contributed by atoms with Crippen LogP contribution in [0.4, 0.5) is 10.5 Å². The van der Waals surface area contributed by atoms with Crippen molar-refractivity contribution in [2.45, 2.75) is 71.4 Å². The summed E-state index contributed by atoms with van der Waals surface area (Å²) in [4.78, 5) is 28.6. The van der Waals surface area contributed by atoms with E-state index >= 15 is 0 Å². The van der Waals surface area contributed by atoms with E-state index in [0.717, 1.165) is 36.9 Å². The molecule has 0 spiro atoms. The zero-order valence-electron chi connectivity index (χ0n) is 16.4. The number of nitrogens with zero attached hydrogens (tertiary/aromatic N) is 2. The van der Waals surface area contributed by atoms with Gasteiger partial charge in [-0.05, 0) is 57.2 Å². The van der Waals surface area contributed by atoms with Gasteiger partial charge < -0.3 is 14.5 Å². The molecule has 2 heterocycles. The Morgan fingerprint density at radius 2 is 1.92 bits per heavy atom. The van der Waals surface area contributed by atoms with E-state index in [1.807, 2.05) is 25.7 Å². The molecule has 3 rings (SSSR count). The zero-order chi connectivity index (χ0) is 18.9. The number of ether oxygens (including phenoxy) is 1. The molecule has 2 aliphatic rings. The average Bonchev–Trinajstić information content (AvgIpc) is 2.89. The second kappa shape index (κ2) is 7.29. The Balaban J connectivity index is 1.68. The number of aryl methyl sites for hydroxylation is 1. The van der Waals surface area contributed by atoms with Gasteiger partial charge in [0.25, 0.3) is 0 Å². The fourth-order valence-electron chi connectivity index (χ4n) is 3.84. The smallest absolute Gasteiger partial charge is 0.410 e. The Morgan fingerprint density at radius 3 is 2.54 bits per heavy atom. The molecule has 2 amide bonds. The molecule has 1 aromatic rings. The maximum atomic E-state index is 12.6. The predicted octanol–water partition coefficient (Wildman–Crippen LogP) is 3.93. The maximum absolute atomic E-state index is 12.6. The van der Waals surface area contributed by atoms with E-state index in [4.69, 9.17) is 4.74 Å². The summed E-state index contributed by atoms with van der Waals surface area (Å²) in [6.07, 6.45) is 3.96. The number of hydrogen-bond donors (Lipinski definition) is 0. The normalized spacial score (nSPS) is 18.2. The van der Waals surface area contributed by atoms with Gasteiger partial charge in [0.1, 0.15) is 5.60 Å². The number of amides is 2. The number of likely N-dealkylation sites (tertiary alicyclic amines) is 1. The summed E-state index contributed by atoms with van der Waals surface area (Å²) in [6.45, 7) is 9.07. The number of carbonyl (C=O) groups excluding carboxylic acids is 2. The highest BCUT2D eigenvalue weighted by atomic mass is 16.6. The van der Waals surface area contributed by atoms with Crippen LogP contribution in [0.3, 0.4) is 0 Å². The summed E-state index contributed by atoms with van der Waals surface area (Å²) in [5, 5.41) is 0. The number of hydrogen-bond acceptors (Lipinski definition) is 3. The van der Waals surface area contributed by atoms with Crippen molar-refractivity contribution in [1.82, 2.24) is 4.90 Å². The minimum absolute atomic E-state index is 0.166. The summed E-state index contributed by atoms with van der Waals surface area (Å²) in [7, 11) is 0. The lowest BCUT2D eigenvalue weighted by molar-refractivity contribution is -0.118. The van der Waals surface area contributed by atoms with E-state index in [0.29, 0.717) is 19.5 Å². The van der Waals surface area contributed by atoms with Gasteiger partial charge in [-0.15, -0.1) is 0 Å². The van der Waals surface area contributed by atoms with Crippen molar-refractivity contribution in [2.75, 3.05) is 18.0 Å². The lowest BCUT2D eigenvalue weighted by atomic mass is 10.0. The van der Waals surface area contributed by atoms with Gasteiger partial charge in [0.2, 0.25) is 5.91 Å². The van der Waals surface area contributed by atoms with Gasteiger partial charge in [-0.25, -0.2) is 4.79 Å². The van der Waals surface area contributed by atoms with Gasteiger partial charge in [-0.3, -0.25) is 4.79 Å². The van der Waals surface area contributed by atoms with Gasteiger partial charge in [-0.2, -0.15) is 0 Å². The van der Waals surface area contributed by atoms with Gasteiger partial charge in [0, 0.05) is 24.8 Å². The van der Waals surface area contributed by atoms with Crippen LogP contribution >= 0.6 is 0 Å². The molecule has 0 radical (unpaired) electrons. The second-order valence-corrected chi connectivity index (χ2v) is 8.35. The molecule has 2 aliphatic heterocycles. The molecule has 0 aliphatic carbocycles. The molecule has 0 unspecified atom stereocenters. The standard InChI is InChI=1S/C21H30N2O3/c1-5-6-15-7-8-16-14-19(24)23(18(16)13-15)17-9-11-22(12-10-17)20(25)26-21(2,3)4/h7-8,13,17H,5-6,9-12,14H2,1-4H3. The summed E-state index contributed by atoms with van der Waals surface area (Å²) in [5.41, 5.74) is 3.02. The first-order valence-corrected chi connectivity index (χ1v) is 9.70. The quantitative estimate of drug-likeness (QED) is 0.823. The summed E-state index contributed by atoms with van der Waals surface area (Å²) in [6, 6.07) is 6.60. The highest BCUT2D eigenvalue weighted by Crippen LogP contribution is 2.34. The molecule has 0 bridgehead atoms. The molecule has 1 saturated heterocycles. The van der Waals surface area contributed by atoms with Crippen LogP contribution in [0.15, 0.2) is 18.2 Å². The lowest BCUT2D eigenvalue weighted by Gasteiger charge is -2.37. The number of carbonyl (C=O) groups is 2. The Bertz CT molecular complexity index is 685. The SMILES string of the molecule is CCCc1ccc2c(c1)N(C1CCN(C(=O)OC(C)(C)C)CC1)C(=O)C2. The van der Waals surface area contributed by atoms with Crippen molar-refractivity contribution in [3.8, 4) is 0 Å². The minimum atomic E-state index is -0.479. The van der Waals surface area contributed by atoms with E-state index in [1.54, 1.807) is 4.90 Å². The van der Waals surface area contributed by atoms with Crippen LogP contribution in [0.2, 0.25) is 0 Å². The number of piperidine rings is 1. The van der Waals surface area contributed by atoms with Crippen molar-refractivity contribution in [2.24, 2.45) is 0 Å². The maximum Gasteiger partial charge on any atom is 0.410 e. The Hall–Kier alpha value is -2.04.